The molecule has 8 heterocycles. The van der Waals surface area contributed by atoms with Crippen LogP contribution >= 0.6 is 45.3 Å². The van der Waals surface area contributed by atoms with Crippen molar-refractivity contribution < 1.29 is 73.8 Å². The second kappa shape index (κ2) is 35.5. The fourth-order valence-electron chi connectivity index (χ4n) is 7.26. The zero-order valence-electron chi connectivity index (χ0n) is 50.8. The number of rotatable bonds is 9. The summed E-state index contributed by atoms with van der Waals surface area (Å²) in [6.45, 7) is 32.0. The summed E-state index contributed by atoms with van der Waals surface area (Å²) in [6.07, 6.45) is 0.592. The van der Waals surface area contributed by atoms with E-state index >= 15 is 0 Å². The van der Waals surface area contributed by atoms with Crippen LogP contribution in [0.15, 0.2) is 24.8 Å². The zero-order valence-corrected chi connectivity index (χ0v) is 57.0. The third-order valence-electron chi connectivity index (χ3n) is 10.4. The standard InChI is InChI=1S/C14H19N3O3S.C13H15N3O3S.C12H17N3OS.C11H15N3OS.C3H7.C2HF3O.CH4.BrH.Mg/c1-7(18)10-9(17-13(19)20-14(3,4)5)6-15-12-11(10)16-8(2)21-12;1-7-15-10-8(6-17)9(5-14-11(10)20-7)16-12(18)19-13(2,3)4;1-6(2)11(16-4)9-8(13)5-14-12-10(9)15-7(3)17-12;1-5(2)10(15)8-7(12)4-13-11-9(8)14-6(3)16-11;1-3-2;3-2(4,5)1-6;;;/h6-7,18H,1-5H3,(H,17,19);5-6H,1-4H3,(H,16,18);5-6,11H,13H2,1-4H3;4-5,10,15H,12H2,1-3H3;3H,1-2H3;1H;1H4;1H;/q;;;;-1;;;;+2/p-1. The molecule has 3 atom stereocenters. The molecule has 0 aromatic carbocycles. The third kappa shape index (κ3) is 24.3. The molecule has 0 aliphatic carbocycles. The summed E-state index contributed by atoms with van der Waals surface area (Å²) in [5.74, 6) is 0.449. The quantitative estimate of drug-likeness (QED) is 0.0444. The van der Waals surface area contributed by atoms with E-state index in [1.54, 1.807) is 79.3 Å². The van der Waals surface area contributed by atoms with Gasteiger partial charge in [-0.1, -0.05) is 80.5 Å². The van der Waals surface area contributed by atoms with Crippen LogP contribution in [0.1, 0.15) is 163 Å². The molecule has 0 fully saturated rings. The van der Waals surface area contributed by atoms with Gasteiger partial charge in [0.2, 0.25) is 6.29 Å². The van der Waals surface area contributed by atoms with Crippen molar-refractivity contribution in [2.75, 3.05) is 29.2 Å². The van der Waals surface area contributed by atoms with Crippen LogP contribution in [-0.4, -0.2) is 122 Å². The Balaban J connectivity index is 0.00000106. The number of halogens is 4. The maximum absolute atomic E-state index is 11.9. The first-order chi connectivity index (χ1) is 38.5. The molecular weight excluding hydrogens is 1270 g/mol. The Kier molecular flexibility index (Phi) is 33.3. The monoisotopic (exact) mass is 1350 g/mol. The summed E-state index contributed by atoms with van der Waals surface area (Å²) >= 11 is 5.93. The number of thiazole rings is 4. The van der Waals surface area contributed by atoms with Gasteiger partial charge in [0.25, 0.3) is 0 Å². The number of carbonyl (C=O) groups excluding carboxylic acids is 4. The van der Waals surface area contributed by atoms with Crippen molar-refractivity contribution in [1.82, 2.24) is 39.9 Å². The summed E-state index contributed by atoms with van der Waals surface area (Å²) in [6, 6.07) is 0. The molecule has 0 aliphatic heterocycles. The Morgan fingerprint density at radius 2 is 0.942 bits per heavy atom. The maximum Gasteiger partial charge on any atom is 2.00 e. The van der Waals surface area contributed by atoms with Crippen LogP contribution in [-0.2, 0) is 19.0 Å². The zero-order chi connectivity index (χ0) is 63.1. The number of ether oxygens (including phenoxy) is 3. The number of pyridine rings is 4. The number of nitrogens with zero attached hydrogens (tertiary/aromatic N) is 8. The smallest absolute Gasteiger partial charge is 1.00 e. The van der Waals surface area contributed by atoms with E-state index < -0.39 is 48.1 Å². The Hall–Kier alpha value is -5.44. The van der Waals surface area contributed by atoms with E-state index in [0.717, 1.165) is 51.1 Å². The second-order valence-corrected chi connectivity index (χ2v) is 25.6. The largest absolute Gasteiger partial charge is 2.00 e. The number of nitrogens with one attached hydrogen (secondary N) is 2. The average Bonchev–Trinajstić information content (AvgIpc) is 3.22. The number of aromatic nitrogens is 8. The maximum atomic E-state index is 11.9. The first-order valence-corrected chi connectivity index (χ1v) is 28.9. The normalized spacial score (nSPS) is 12.1. The molecule has 2 amide bonds. The molecule has 0 spiro atoms. The van der Waals surface area contributed by atoms with Gasteiger partial charge in [0.05, 0.1) is 91.4 Å². The van der Waals surface area contributed by atoms with Crippen molar-refractivity contribution in [3.8, 4) is 0 Å². The SMILES string of the molecule is C.COC(c1c(N)cnc2sc(C)nc12)C(C)C.C[CH-]C.Cc1nc2c(C(C)O)c(NC(=O)OC(C)(C)C)cnc2s1.Cc1nc2c(C(O)C(C)C)c(N)cnc2s1.Cc1nc2c(C=O)c(NC(=O)OC(C)(C)C)cnc2s1.O=CC(F)(F)F.[Br-].[Mg+2]. The van der Waals surface area contributed by atoms with Crippen LogP contribution in [0.4, 0.5) is 45.5 Å². The van der Waals surface area contributed by atoms with Gasteiger partial charge in [0, 0.05) is 23.8 Å². The van der Waals surface area contributed by atoms with E-state index in [2.05, 4.69) is 64.4 Å². The van der Waals surface area contributed by atoms with E-state index in [0.29, 0.717) is 67.5 Å². The molecular formula is C56H78BrF3MgN12O9S4. The predicted molar refractivity (Wildman–Crippen MR) is 338 cm³/mol. The molecule has 30 heteroatoms. The Morgan fingerprint density at radius 1 is 0.616 bits per heavy atom. The molecule has 0 saturated carbocycles. The fourth-order valence-corrected chi connectivity index (χ4v) is 10.4. The van der Waals surface area contributed by atoms with Gasteiger partial charge in [0.15, 0.2) is 6.29 Å². The van der Waals surface area contributed by atoms with Crippen molar-refractivity contribution in [2.45, 2.75) is 161 Å². The Morgan fingerprint density at radius 3 is 1.28 bits per heavy atom. The third-order valence-corrected chi connectivity index (χ3v) is 13.9. The molecule has 8 rings (SSSR count). The minimum atomic E-state index is -4.64. The molecule has 21 nitrogen and oxygen atoms in total. The molecule has 8 aromatic rings. The number of hydrogen-bond acceptors (Lipinski definition) is 23. The molecule has 8 aromatic heterocycles. The van der Waals surface area contributed by atoms with Gasteiger partial charge in [-0.25, -0.2) is 49.5 Å². The molecule has 86 heavy (non-hydrogen) atoms. The van der Waals surface area contributed by atoms with Crippen LogP contribution in [0.2, 0.25) is 0 Å². The van der Waals surface area contributed by atoms with Crippen LogP contribution in [0.3, 0.4) is 0 Å². The van der Waals surface area contributed by atoms with E-state index in [4.69, 9.17) is 30.5 Å². The number of alkyl halides is 3. The summed E-state index contributed by atoms with van der Waals surface area (Å²) in [4.78, 5) is 81.3. The molecule has 470 valence electrons. The Labute approximate surface area is 542 Å². The van der Waals surface area contributed by atoms with E-state index in [-0.39, 0.29) is 59.5 Å². The van der Waals surface area contributed by atoms with Gasteiger partial charge < -0.3 is 59.3 Å². The average molecular weight is 1350 g/mol. The molecule has 0 bridgehead atoms. The van der Waals surface area contributed by atoms with Crippen molar-refractivity contribution in [3.63, 3.8) is 0 Å². The first kappa shape index (κ1) is 80.6. The van der Waals surface area contributed by atoms with Crippen molar-refractivity contribution >= 4 is 157 Å². The van der Waals surface area contributed by atoms with Crippen LogP contribution in [0.25, 0.3) is 41.4 Å². The van der Waals surface area contributed by atoms with Crippen LogP contribution in [0, 0.1) is 46.0 Å². The van der Waals surface area contributed by atoms with Gasteiger partial charge in [-0.2, -0.15) is 27.0 Å². The predicted octanol–water partition coefficient (Wildman–Crippen LogP) is 11.0. The fraction of sp³-hybridized carbons (Fsp3) is 0.482. The number of aliphatic hydroxyl groups is 2. The van der Waals surface area contributed by atoms with Gasteiger partial charge in [-0.05, 0) is 88.0 Å². The minimum absolute atomic E-state index is 0. The first-order valence-electron chi connectivity index (χ1n) is 25.7. The number of nitrogen functional groups attached to an aromatic ring is 2. The summed E-state index contributed by atoms with van der Waals surface area (Å²) < 4.78 is 47.2. The minimum Gasteiger partial charge on any atom is -1.00 e. The number of carbonyl (C=O) groups is 4. The number of aliphatic hydroxyl groups excluding tert-OH is 2. The summed E-state index contributed by atoms with van der Waals surface area (Å²) in [5, 5.41) is 28.9. The summed E-state index contributed by atoms with van der Waals surface area (Å²) in [7, 11) is 1.70. The molecule has 8 N–H and O–H groups in total. The number of methoxy groups -OCH3 is 1. The van der Waals surface area contributed by atoms with Gasteiger partial charge >= 0.3 is 41.4 Å². The number of nitrogens with two attached hydrogens (primary N) is 2. The second-order valence-electron chi connectivity index (χ2n) is 20.8. The van der Waals surface area contributed by atoms with Gasteiger partial charge in [-0.15, -0.1) is 0 Å². The number of amides is 2. The van der Waals surface area contributed by atoms with Crippen LogP contribution in [0.5, 0.6) is 0 Å². The molecule has 0 aliphatic rings. The van der Waals surface area contributed by atoms with Crippen molar-refractivity contribution in [3.05, 3.63) is 73.5 Å². The molecule has 3 unspecified atom stereocenters. The number of anilines is 4. The van der Waals surface area contributed by atoms with Crippen molar-refractivity contribution in [1.29, 1.82) is 0 Å². The summed E-state index contributed by atoms with van der Waals surface area (Å²) in [5.41, 5.74) is 17.9. The van der Waals surface area contributed by atoms with E-state index in [1.165, 1.54) is 46.4 Å². The van der Waals surface area contributed by atoms with Gasteiger partial charge in [-0.3, -0.25) is 20.2 Å². The van der Waals surface area contributed by atoms with Gasteiger partial charge in [0.1, 0.15) is 52.6 Å². The number of hydrogen-bond donors (Lipinski definition) is 6. The van der Waals surface area contributed by atoms with E-state index in [9.17, 15) is 37.8 Å². The topological polar surface area (TPSA) is 316 Å². The molecule has 0 saturated heterocycles. The Bertz CT molecular complexity index is 3480. The molecule has 0 radical (unpaired) electrons. The van der Waals surface area contributed by atoms with Crippen molar-refractivity contribution in [2.24, 2.45) is 11.8 Å². The number of aldehydes is 2. The van der Waals surface area contributed by atoms with E-state index in [1.807, 2.05) is 61.8 Å². The van der Waals surface area contributed by atoms with Crippen LogP contribution < -0.4 is 39.1 Å². The number of fused-ring (bicyclic) bond motifs is 4. The number of aryl methyl sites for hydroxylation is 4.